The highest BCUT2D eigenvalue weighted by Crippen LogP contribution is 2.31. The van der Waals surface area contributed by atoms with Gasteiger partial charge in [0.15, 0.2) is 0 Å². The predicted octanol–water partition coefficient (Wildman–Crippen LogP) is 3.92. The van der Waals surface area contributed by atoms with E-state index in [1.54, 1.807) is 53.7 Å². The standard InChI is InChI=1S/C28H24ClN5O6/c1-18(35)38-11-12-39-21-8-9-22(23(29)13-21)28(37)34-17-26(36)33(15-20-5-2-3-7-24(20)34)16-25-31-32-27(40-25)19-6-4-10-30-14-19/h2-10,13-14H,11-12,15-17H2,1H3. The van der Waals surface area contributed by atoms with Crippen LogP contribution in [-0.2, 0) is 27.4 Å². The van der Waals surface area contributed by atoms with Crippen molar-refractivity contribution in [2.75, 3.05) is 24.7 Å². The number of pyridine rings is 1. The molecule has 0 saturated heterocycles. The molecule has 0 saturated carbocycles. The molecule has 5 rings (SSSR count). The molecular weight excluding hydrogens is 538 g/mol. The van der Waals surface area contributed by atoms with Gasteiger partial charge in [-0.2, -0.15) is 0 Å². The van der Waals surface area contributed by atoms with Gasteiger partial charge in [-0.1, -0.05) is 29.8 Å². The molecule has 1 aliphatic heterocycles. The van der Waals surface area contributed by atoms with Gasteiger partial charge >= 0.3 is 5.97 Å². The molecule has 1 aliphatic rings. The molecule has 0 atom stereocenters. The molecule has 2 aromatic carbocycles. The molecule has 0 bridgehead atoms. The molecule has 0 fully saturated rings. The van der Waals surface area contributed by atoms with Gasteiger partial charge in [0.05, 0.1) is 22.7 Å². The third kappa shape index (κ3) is 6.10. The maximum Gasteiger partial charge on any atom is 0.302 e. The van der Waals surface area contributed by atoms with E-state index in [1.807, 2.05) is 12.1 Å². The number of nitrogens with zero attached hydrogens (tertiary/aromatic N) is 5. The summed E-state index contributed by atoms with van der Waals surface area (Å²) in [5.41, 5.74) is 2.25. The summed E-state index contributed by atoms with van der Waals surface area (Å²) in [6.45, 7) is 1.64. The van der Waals surface area contributed by atoms with Crippen LogP contribution in [0.5, 0.6) is 5.75 Å². The number of hydrogen-bond donors (Lipinski definition) is 0. The third-order valence-electron chi connectivity index (χ3n) is 6.06. The van der Waals surface area contributed by atoms with Crippen molar-refractivity contribution >= 4 is 35.1 Å². The van der Waals surface area contributed by atoms with E-state index in [-0.39, 0.29) is 55.2 Å². The van der Waals surface area contributed by atoms with Crippen LogP contribution >= 0.6 is 11.6 Å². The summed E-state index contributed by atoms with van der Waals surface area (Å²) in [4.78, 5) is 45.0. The summed E-state index contributed by atoms with van der Waals surface area (Å²) in [6, 6.07) is 15.5. The fraction of sp³-hybridized carbons (Fsp3) is 0.214. The third-order valence-corrected chi connectivity index (χ3v) is 6.38. The summed E-state index contributed by atoms with van der Waals surface area (Å²) in [7, 11) is 0. The summed E-state index contributed by atoms with van der Waals surface area (Å²) in [5.74, 6) is -0.159. The molecule has 0 N–H and O–H groups in total. The average Bonchev–Trinajstić information content (AvgIpc) is 3.37. The SMILES string of the molecule is CC(=O)OCCOc1ccc(C(=O)N2CC(=O)N(Cc3nnc(-c4cccnc4)o3)Cc3ccccc32)c(Cl)c1. The monoisotopic (exact) mass is 561 g/mol. The molecule has 12 heteroatoms. The average molecular weight is 562 g/mol. The Labute approximate surface area is 234 Å². The van der Waals surface area contributed by atoms with Gasteiger partial charge in [0.25, 0.3) is 5.91 Å². The van der Waals surface area contributed by atoms with Gasteiger partial charge in [0.2, 0.25) is 17.7 Å². The number of para-hydroxylation sites is 1. The Morgan fingerprint density at radius 2 is 1.90 bits per heavy atom. The van der Waals surface area contributed by atoms with Crippen LogP contribution in [0.3, 0.4) is 0 Å². The number of aromatic nitrogens is 3. The zero-order valence-electron chi connectivity index (χ0n) is 21.4. The second kappa shape index (κ2) is 12.0. The smallest absolute Gasteiger partial charge is 0.302 e. The number of hydrogen-bond acceptors (Lipinski definition) is 9. The highest BCUT2D eigenvalue weighted by molar-refractivity contribution is 6.34. The Kier molecular flexibility index (Phi) is 8.02. The summed E-state index contributed by atoms with van der Waals surface area (Å²) < 4.78 is 16.2. The van der Waals surface area contributed by atoms with Crippen LogP contribution in [0.15, 0.2) is 71.4 Å². The zero-order valence-corrected chi connectivity index (χ0v) is 22.2. The van der Waals surface area contributed by atoms with E-state index in [4.69, 9.17) is 25.5 Å². The molecule has 0 unspecified atom stereocenters. The normalized spacial score (nSPS) is 13.0. The molecule has 0 spiro atoms. The van der Waals surface area contributed by atoms with Gasteiger partial charge in [-0.25, -0.2) is 0 Å². The van der Waals surface area contributed by atoms with Crippen LogP contribution < -0.4 is 9.64 Å². The van der Waals surface area contributed by atoms with E-state index in [2.05, 4.69) is 15.2 Å². The fourth-order valence-electron chi connectivity index (χ4n) is 4.18. The first-order valence-electron chi connectivity index (χ1n) is 12.3. The molecule has 11 nitrogen and oxygen atoms in total. The Balaban J connectivity index is 1.33. The molecule has 2 amide bonds. The topological polar surface area (TPSA) is 128 Å². The molecular formula is C28H24ClN5O6. The number of ether oxygens (including phenoxy) is 2. The van der Waals surface area contributed by atoms with Gasteiger partial charge in [0.1, 0.15) is 25.5 Å². The number of carbonyl (C=O) groups is 3. The lowest BCUT2D eigenvalue weighted by Gasteiger charge is -2.23. The first-order valence-corrected chi connectivity index (χ1v) is 12.7. The predicted molar refractivity (Wildman–Crippen MR) is 143 cm³/mol. The summed E-state index contributed by atoms with van der Waals surface area (Å²) >= 11 is 6.46. The highest BCUT2D eigenvalue weighted by Gasteiger charge is 2.31. The minimum absolute atomic E-state index is 0.0720. The summed E-state index contributed by atoms with van der Waals surface area (Å²) in [6.07, 6.45) is 3.26. The lowest BCUT2D eigenvalue weighted by molar-refractivity contribution is -0.141. The minimum atomic E-state index is -0.434. The van der Waals surface area contributed by atoms with Crippen LogP contribution in [0.25, 0.3) is 11.5 Å². The Bertz CT molecular complexity index is 1540. The molecule has 2 aromatic heterocycles. The van der Waals surface area contributed by atoms with Crippen molar-refractivity contribution in [2.24, 2.45) is 0 Å². The van der Waals surface area contributed by atoms with Gasteiger partial charge in [-0.3, -0.25) is 24.3 Å². The minimum Gasteiger partial charge on any atom is -0.490 e. The quantitative estimate of drug-likeness (QED) is 0.232. The van der Waals surface area contributed by atoms with Crippen molar-refractivity contribution < 1.29 is 28.3 Å². The Morgan fingerprint density at radius 1 is 1.05 bits per heavy atom. The molecule has 0 aliphatic carbocycles. The molecule has 40 heavy (non-hydrogen) atoms. The summed E-state index contributed by atoms with van der Waals surface area (Å²) in [5, 5.41) is 8.32. The lowest BCUT2D eigenvalue weighted by Crippen LogP contribution is -2.40. The van der Waals surface area contributed by atoms with Crippen molar-refractivity contribution in [1.82, 2.24) is 20.1 Å². The van der Waals surface area contributed by atoms with Gasteiger partial charge in [-0.15, -0.1) is 10.2 Å². The number of fused-ring (bicyclic) bond motifs is 1. The number of esters is 1. The second-order valence-electron chi connectivity index (χ2n) is 8.84. The van der Waals surface area contributed by atoms with Gasteiger partial charge in [0, 0.05) is 31.5 Å². The van der Waals surface area contributed by atoms with E-state index in [9.17, 15) is 14.4 Å². The first kappa shape index (κ1) is 26.8. The van der Waals surface area contributed by atoms with Crippen molar-refractivity contribution in [3.63, 3.8) is 0 Å². The molecule has 204 valence electrons. The van der Waals surface area contributed by atoms with Crippen molar-refractivity contribution in [2.45, 2.75) is 20.0 Å². The number of halogens is 1. The molecule has 3 heterocycles. The van der Waals surface area contributed by atoms with Crippen LogP contribution in [-0.4, -0.2) is 57.6 Å². The number of amides is 2. The van der Waals surface area contributed by atoms with Gasteiger partial charge < -0.3 is 18.8 Å². The van der Waals surface area contributed by atoms with E-state index in [1.165, 1.54) is 17.9 Å². The second-order valence-corrected chi connectivity index (χ2v) is 9.25. The Hall–Kier alpha value is -4.77. The molecule has 4 aromatic rings. The highest BCUT2D eigenvalue weighted by atomic mass is 35.5. The zero-order chi connectivity index (χ0) is 28.1. The van der Waals surface area contributed by atoms with Crippen molar-refractivity contribution in [3.05, 3.63) is 89.0 Å². The maximum atomic E-state index is 13.7. The van der Waals surface area contributed by atoms with Crippen molar-refractivity contribution in [1.29, 1.82) is 0 Å². The van der Waals surface area contributed by atoms with Crippen LogP contribution in [0.4, 0.5) is 5.69 Å². The Morgan fingerprint density at radius 3 is 2.67 bits per heavy atom. The van der Waals surface area contributed by atoms with E-state index >= 15 is 0 Å². The van der Waals surface area contributed by atoms with E-state index < -0.39 is 11.9 Å². The van der Waals surface area contributed by atoms with Crippen molar-refractivity contribution in [3.8, 4) is 17.2 Å². The van der Waals surface area contributed by atoms with Crippen LogP contribution in [0.2, 0.25) is 5.02 Å². The maximum absolute atomic E-state index is 13.7. The lowest BCUT2D eigenvalue weighted by atomic mass is 10.1. The number of benzene rings is 2. The van der Waals surface area contributed by atoms with Crippen LogP contribution in [0.1, 0.15) is 28.7 Å². The number of anilines is 1. The number of carbonyl (C=O) groups excluding carboxylic acids is 3. The van der Waals surface area contributed by atoms with E-state index in [0.717, 1.165) is 5.56 Å². The first-order chi connectivity index (χ1) is 19.4. The number of rotatable bonds is 8. The molecule has 0 radical (unpaired) electrons. The van der Waals surface area contributed by atoms with E-state index in [0.29, 0.717) is 22.9 Å². The van der Waals surface area contributed by atoms with Gasteiger partial charge in [-0.05, 0) is 42.0 Å². The largest absolute Gasteiger partial charge is 0.490 e. The van der Waals surface area contributed by atoms with Crippen LogP contribution in [0, 0.1) is 0 Å². The fourth-order valence-corrected chi connectivity index (χ4v) is 4.43.